The van der Waals surface area contributed by atoms with E-state index in [9.17, 15) is 4.79 Å². The summed E-state index contributed by atoms with van der Waals surface area (Å²) in [4.78, 5) is 33.4. The highest BCUT2D eigenvalue weighted by atomic mass is 16.5. The molecule has 11 nitrogen and oxygen atoms in total. The summed E-state index contributed by atoms with van der Waals surface area (Å²) < 4.78 is 12.4. The molecule has 0 amide bonds. The van der Waals surface area contributed by atoms with Crippen molar-refractivity contribution in [2.75, 3.05) is 51.1 Å². The maximum atomic E-state index is 12.8. The molecule has 1 fully saturated rings. The molecule has 1 saturated heterocycles. The lowest BCUT2D eigenvalue weighted by molar-refractivity contribution is 0.0198. The lowest BCUT2D eigenvalue weighted by Gasteiger charge is -2.32. The Kier molecular flexibility index (Phi) is 6.97. The molecular formula is C26H30N8O3. The number of ether oxygens (including phenoxy) is 2. The molecule has 0 saturated carbocycles. The summed E-state index contributed by atoms with van der Waals surface area (Å²) in [7, 11) is 4.97. The number of hydrogen-bond donors (Lipinski definition) is 2. The number of morpholine rings is 1. The fraction of sp³-hybridized carbons (Fsp3) is 0.346. The van der Waals surface area contributed by atoms with E-state index >= 15 is 0 Å². The molecular weight excluding hydrogens is 472 g/mol. The van der Waals surface area contributed by atoms with Crippen LogP contribution in [0.5, 0.6) is 0 Å². The number of benzene rings is 1. The Balaban J connectivity index is 1.49. The minimum Gasteiger partial charge on any atom is -0.464 e. The highest BCUT2D eigenvalue weighted by Crippen LogP contribution is 2.33. The van der Waals surface area contributed by atoms with Gasteiger partial charge in [-0.2, -0.15) is 0 Å². The van der Waals surface area contributed by atoms with E-state index in [0.29, 0.717) is 22.6 Å². The molecule has 11 heteroatoms. The summed E-state index contributed by atoms with van der Waals surface area (Å²) in [5, 5.41) is 6.34. The van der Waals surface area contributed by atoms with Crippen LogP contribution in [0.4, 0.5) is 17.3 Å². The van der Waals surface area contributed by atoms with Gasteiger partial charge in [-0.15, -0.1) is 0 Å². The second-order valence-corrected chi connectivity index (χ2v) is 8.84. The van der Waals surface area contributed by atoms with Gasteiger partial charge in [0.25, 0.3) is 0 Å². The van der Waals surface area contributed by atoms with E-state index in [1.54, 1.807) is 25.8 Å². The molecule has 1 aliphatic rings. The van der Waals surface area contributed by atoms with Gasteiger partial charge >= 0.3 is 5.97 Å². The van der Waals surface area contributed by atoms with Gasteiger partial charge < -0.3 is 24.7 Å². The van der Waals surface area contributed by atoms with Crippen LogP contribution in [0.25, 0.3) is 22.3 Å². The highest BCUT2D eigenvalue weighted by Gasteiger charge is 2.23. The smallest absolute Gasteiger partial charge is 0.360 e. The first-order valence-electron chi connectivity index (χ1n) is 12.1. The first-order valence-corrected chi connectivity index (χ1v) is 12.1. The zero-order valence-corrected chi connectivity index (χ0v) is 21.4. The van der Waals surface area contributed by atoms with Crippen LogP contribution >= 0.6 is 0 Å². The van der Waals surface area contributed by atoms with Crippen LogP contribution in [0, 0.1) is 0 Å². The zero-order chi connectivity index (χ0) is 25.9. The number of pyridine rings is 1. The van der Waals surface area contributed by atoms with Gasteiger partial charge in [-0.1, -0.05) is 12.1 Å². The molecule has 1 atom stereocenters. The predicted octanol–water partition coefficient (Wildman–Crippen LogP) is 3.39. The van der Waals surface area contributed by atoms with E-state index in [0.717, 1.165) is 37.5 Å². The fourth-order valence-electron chi connectivity index (χ4n) is 4.50. The molecule has 2 N–H and O–H groups in total. The second kappa shape index (κ2) is 10.5. The van der Waals surface area contributed by atoms with E-state index in [4.69, 9.17) is 14.5 Å². The largest absolute Gasteiger partial charge is 0.464 e. The van der Waals surface area contributed by atoms with E-state index in [1.165, 1.54) is 12.7 Å². The zero-order valence-electron chi connectivity index (χ0n) is 21.4. The number of anilines is 3. The van der Waals surface area contributed by atoms with Gasteiger partial charge in [0.2, 0.25) is 0 Å². The Morgan fingerprint density at radius 3 is 2.57 bits per heavy atom. The molecule has 37 heavy (non-hydrogen) atoms. The van der Waals surface area contributed by atoms with Crippen molar-refractivity contribution in [1.29, 1.82) is 0 Å². The van der Waals surface area contributed by atoms with Gasteiger partial charge in [-0.25, -0.2) is 19.7 Å². The molecule has 1 aliphatic heterocycles. The summed E-state index contributed by atoms with van der Waals surface area (Å²) in [6, 6.07) is 8.38. The van der Waals surface area contributed by atoms with Crippen molar-refractivity contribution in [1.82, 2.24) is 29.4 Å². The number of carbonyl (C=O) groups excluding carboxylic acids is 1. The van der Waals surface area contributed by atoms with E-state index < -0.39 is 5.97 Å². The molecule has 0 bridgehead atoms. The summed E-state index contributed by atoms with van der Waals surface area (Å²) in [6.07, 6.45) is 5.12. The number of carbonyl (C=O) groups is 1. The average molecular weight is 503 g/mol. The van der Waals surface area contributed by atoms with Crippen LogP contribution in [0.2, 0.25) is 0 Å². The highest BCUT2D eigenvalue weighted by molar-refractivity contribution is 5.98. The number of aryl methyl sites for hydroxylation is 1. The molecule has 3 aromatic heterocycles. The summed E-state index contributed by atoms with van der Waals surface area (Å²) in [6.45, 7) is 5.55. The fourth-order valence-corrected chi connectivity index (χ4v) is 4.50. The number of nitrogens with zero attached hydrogens (tertiary/aromatic N) is 6. The van der Waals surface area contributed by atoms with Crippen molar-refractivity contribution in [2.45, 2.75) is 13.0 Å². The first-order chi connectivity index (χ1) is 18.0. The van der Waals surface area contributed by atoms with E-state index in [2.05, 4.69) is 49.5 Å². The van der Waals surface area contributed by atoms with Gasteiger partial charge in [-0.3, -0.25) is 9.88 Å². The number of methoxy groups -OCH3 is 1. The lowest BCUT2D eigenvalue weighted by Crippen LogP contribution is -2.37. The molecule has 4 heterocycles. The van der Waals surface area contributed by atoms with Crippen molar-refractivity contribution in [2.24, 2.45) is 7.05 Å². The van der Waals surface area contributed by atoms with Crippen LogP contribution in [0.1, 0.15) is 29.0 Å². The maximum Gasteiger partial charge on any atom is 0.360 e. The maximum absolute atomic E-state index is 12.8. The Morgan fingerprint density at radius 1 is 1.11 bits per heavy atom. The molecule has 4 aromatic rings. The number of hydrogen-bond acceptors (Lipinski definition) is 10. The van der Waals surface area contributed by atoms with Crippen molar-refractivity contribution < 1.29 is 14.3 Å². The SMILES string of the molecule is CNc1nc(Nc2ccc([C@H](C)N3CCOCC3)cc2)c(C(=O)OC)nc1-c1cncc2c1ncn2C. The van der Waals surface area contributed by atoms with Crippen molar-refractivity contribution >= 4 is 34.3 Å². The molecule has 1 aromatic carbocycles. The van der Waals surface area contributed by atoms with Gasteiger partial charge in [0.15, 0.2) is 17.3 Å². The lowest BCUT2D eigenvalue weighted by atomic mass is 10.1. The molecule has 0 spiro atoms. The number of nitrogens with one attached hydrogen (secondary N) is 2. The van der Waals surface area contributed by atoms with Crippen LogP contribution in [-0.4, -0.2) is 75.8 Å². The second-order valence-electron chi connectivity index (χ2n) is 8.84. The third-order valence-corrected chi connectivity index (χ3v) is 6.65. The third kappa shape index (κ3) is 4.83. The molecule has 192 valence electrons. The first kappa shape index (κ1) is 24.6. The topological polar surface area (TPSA) is 119 Å². The predicted molar refractivity (Wildman–Crippen MR) is 141 cm³/mol. The standard InChI is InChI=1S/C26H30N8O3/c1-16(34-9-11-37-12-10-34)17-5-7-18(8-6-17)30-25-23(26(35)36-4)31-22(24(27-2)32-25)19-13-28-14-20-21(19)29-15-33(20)3/h5-8,13-16H,9-12H2,1-4H3,(H2,27,30,32)/t16-/m0/s1. The third-order valence-electron chi connectivity index (χ3n) is 6.65. The Labute approximate surface area is 214 Å². The van der Waals surface area contributed by atoms with Crippen molar-refractivity contribution in [3.63, 3.8) is 0 Å². The molecule has 0 unspecified atom stereocenters. The van der Waals surface area contributed by atoms with Crippen LogP contribution in [-0.2, 0) is 16.5 Å². The number of rotatable bonds is 7. The van der Waals surface area contributed by atoms with Crippen molar-refractivity contribution in [3.05, 3.63) is 54.2 Å². The van der Waals surface area contributed by atoms with Crippen LogP contribution in [0.3, 0.4) is 0 Å². The normalized spacial score (nSPS) is 14.9. The molecule has 0 radical (unpaired) electrons. The minimum absolute atomic E-state index is 0.0650. The minimum atomic E-state index is -0.599. The Hall–Kier alpha value is -4.09. The number of esters is 1. The number of aromatic nitrogens is 5. The molecule has 0 aliphatic carbocycles. The van der Waals surface area contributed by atoms with Gasteiger partial charge in [0.1, 0.15) is 11.2 Å². The Bertz CT molecular complexity index is 1410. The van der Waals surface area contributed by atoms with Crippen LogP contribution < -0.4 is 10.6 Å². The quantitative estimate of drug-likeness (QED) is 0.364. The number of imidazole rings is 1. The van der Waals surface area contributed by atoms with Gasteiger partial charge in [-0.05, 0) is 24.6 Å². The van der Waals surface area contributed by atoms with Gasteiger partial charge in [0, 0.05) is 45.1 Å². The van der Waals surface area contributed by atoms with Crippen LogP contribution in [0.15, 0.2) is 43.0 Å². The van der Waals surface area contributed by atoms with E-state index in [1.807, 2.05) is 23.7 Å². The monoisotopic (exact) mass is 502 g/mol. The summed E-state index contributed by atoms with van der Waals surface area (Å²) >= 11 is 0. The molecule has 5 rings (SSSR count). The number of fused-ring (bicyclic) bond motifs is 1. The average Bonchev–Trinajstić information content (AvgIpc) is 3.33. The van der Waals surface area contributed by atoms with Crippen molar-refractivity contribution in [3.8, 4) is 11.3 Å². The van der Waals surface area contributed by atoms with E-state index in [-0.39, 0.29) is 17.6 Å². The summed E-state index contributed by atoms with van der Waals surface area (Å²) in [5.41, 5.74) is 4.72. The Morgan fingerprint density at radius 2 is 1.86 bits per heavy atom. The van der Waals surface area contributed by atoms with Gasteiger partial charge in [0.05, 0.1) is 43.9 Å². The summed E-state index contributed by atoms with van der Waals surface area (Å²) in [5.74, 6) is 0.167.